The fourth-order valence-corrected chi connectivity index (χ4v) is 4.80. The Labute approximate surface area is 191 Å². The molecule has 6 heteroatoms. The molecule has 0 atom stereocenters. The van der Waals surface area contributed by atoms with Crippen molar-refractivity contribution in [3.8, 4) is 0 Å². The molecular formula is C26H26N2O3S. The zero-order valence-electron chi connectivity index (χ0n) is 18.7. The molecule has 0 bridgehead atoms. The zero-order chi connectivity index (χ0) is 22.9. The van der Waals surface area contributed by atoms with E-state index < -0.39 is 0 Å². The number of fused-ring (bicyclic) bond motifs is 3. The Morgan fingerprint density at radius 1 is 1.00 bits per heavy atom. The van der Waals surface area contributed by atoms with E-state index in [1.54, 1.807) is 11.5 Å². The summed E-state index contributed by atoms with van der Waals surface area (Å²) in [5.41, 5.74) is 2.53. The number of esters is 1. The molecule has 0 saturated heterocycles. The van der Waals surface area contributed by atoms with Gasteiger partial charge >= 0.3 is 5.97 Å². The van der Waals surface area contributed by atoms with Crippen molar-refractivity contribution in [3.05, 3.63) is 76.6 Å². The second-order valence-corrected chi connectivity index (χ2v) is 9.63. The van der Waals surface area contributed by atoms with E-state index in [2.05, 4.69) is 25.8 Å². The van der Waals surface area contributed by atoms with Gasteiger partial charge in [0, 0.05) is 10.9 Å². The highest BCUT2D eigenvalue weighted by Gasteiger charge is 2.16. The highest BCUT2D eigenvalue weighted by atomic mass is 32.1. The average Bonchev–Trinajstić information content (AvgIpc) is 3.10. The average molecular weight is 447 g/mol. The largest absolute Gasteiger partial charge is 0.465 e. The number of carbonyl (C=O) groups excluding carboxylic acids is 2. The molecule has 1 heterocycles. The summed E-state index contributed by atoms with van der Waals surface area (Å²) >= 11 is 1.41. The quantitative estimate of drug-likeness (QED) is 0.391. The molecule has 0 spiro atoms. The first-order valence-corrected chi connectivity index (χ1v) is 11.5. The van der Waals surface area contributed by atoms with Gasteiger partial charge in [-0.05, 0) is 41.5 Å². The third-order valence-corrected chi connectivity index (χ3v) is 6.49. The number of nitrogens with zero attached hydrogens (tertiary/aromatic N) is 2. The number of aromatic nitrogens is 1. The van der Waals surface area contributed by atoms with Gasteiger partial charge in [0.05, 0.1) is 16.8 Å². The van der Waals surface area contributed by atoms with Crippen molar-refractivity contribution in [2.45, 2.75) is 39.7 Å². The Morgan fingerprint density at radius 3 is 2.41 bits per heavy atom. The van der Waals surface area contributed by atoms with Gasteiger partial charge in [-0.2, -0.15) is 4.99 Å². The molecule has 0 radical (unpaired) electrons. The Hall–Kier alpha value is -3.25. The minimum atomic E-state index is -0.358. The molecule has 4 aromatic rings. The Bertz CT molecular complexity index is 1370. The maximum atomic E-state index is 13.0. The summed E-state index contributed by atoms with van der Waals surface area (Å²) in [7, 11) is 0. The summed E-state index contributed by atoms with van der Waals surface area (Å²) in [5, 5.41) is 2.16. The fourth-order valence-electron chi connectivity index (χ4n) is 3.64. The molecule has 0 unspecified atom stereocenters. The minimum Gasteiger partial charge on any atom is -0.465 e. The van der Waals surface area contributed by atoms with Crippen molar-refractivity contribution in [1.82, 2.24) is 4.57 Å². The number of amides is 1. The van der Waals surface area contributed by atoms with Crippen LogP contribution in [-0.2, 0) is 21.5 Å². The molecule has 3 aromatic carbocycles. The van der Waals surface area contributed by atoms with Crippen molar-refractivity contribution >= 4 is 44.2 Å². The van der Waals surface area contributed by atoms with Crippen LogP contribution in [0.5, 0.6) is 0 Å². The van der Waals surface area contributed by atoms with Crippen LogP contribution < -0.4 is 4.80 Å². The van der Waals surface area contributed by atoms with Gasteiger partial charge in [-0.1, -0.05) is 74.6 Å². The minimum absolute atomic E-state index is 0.00125. The fraction of sp³-hybridized carbons (Fsp3) is 0.269. The molecule has 0 fully saturated rings. The first-order valence-electron chi connectivity index (χ1n) is 10.6. The highest BCUT2D eigenvalue weighted by Crippen LogP contribution is 2.28. The van der Waals surface area contributed by atoms with E-state index in [4.69, 9.17) is 4.74 Å². The van der Waals surface area contributed by atoms with Crippen molar-refractivity contribution < 1.29 is 14.3 Å². The summed E-state index contributed by atoms with van der Waals surface area (Å²) < 4.78 is 7.92. The number of thiazole rings is 1. The predicted octanol–water partition coefficient (Wildman–Crippen LogP) is 5.46. The molecule has 32 heavy (non-hydrogen) atoms. The molecule has 0 N–H and O–H groups in total. The molecule has 1 aromatic heterocycles. The lowest BCUT2D eigenvalue weighted by Crippen LogP contribution is -2.23. The van der Waals surface area contributed by atoms with Crippen LogP contribution in [0.3, 0.4) is 0 Å². The number of benzene rings is 3. The molecule has 0 saturated carbocycles. The van der Waals surface area contributed by atoms with E-state index >= 15 is 0 Å². The van der Waals surface area contributed by atoms with Crippen LogP contribution >= 0.6 is 11.3 Å². The molecular weight excluding hydrogens is 420 g/mol. The molecule has 0 aliphatic heterocycles. The lowest BCUT2D eigenvalue weighted by Gasteiger charge is -2.18. The Balaban J connectivity index is 1.84. The summed E-state index contributed by atoms with van der Waals surface area (Å²) in [6.07, 6.45) is 0. The molecule has 5 nitrogen and oxygen atoms in total. The molecule has 0 aliphatic rings. The molecule has 164 valence electrons. The van der Waals surface area contributed by atoms with Gasteiger partial charge < -0.3 is 9.30 Å². The van der Waals surface area contributed by atoms with Gasteiger partial charge in [-0.3, -0.25) is 9.59 Å². The first kappa shape index (κ1) is 22.0. The van der Waals surface area contributed by atoms with E-state index in [1.807, 2.05) is 60.7 Å². The lowest BCUT2D eigenvalue weighted by atomic mass is 9.87. The van der Waals surface area contributed by atoms with E-state index in [9.17, 15) is 9.59 Å². The van der Waals surface area contributed by atoms with Gasteiger partial charge in [0.15, 0.2) is 4.80 Å². The monoisotopic (exact) mass is 446 g/mol. The summed E-state index contributed by atoms with van der Waals surface area (Å²) in [6.45, 7) is 8.48. The predicted molar refractivity (Wildman–Crippen MR) is 129 cm³/mol. The molecule has 0 aliphatic carbocycles. The summed E-state index contributed by atoms with van der Waals surface area (Å²) in [6, 6.07) is 19.6. The van der Waals surface area contributed by atoms with Gasteiger partial charge in [-0.25, -0.2) is 0 Å². The Morgan fingerprint density at radius 2 is 1.72 bits per heavy atom. The first-order chi connectivity index (χ1) is 15.3. The van der Waals surface area contributed by atoms with Crippen LogP contribution in [0.4, 0.5) is 0 Å². The standard InChI is InChI=1S/C26H26N2O3S/c1-5-31-22(29)16-28-21-15-12-17-8-6-7-9-20(17)23(21)32-25(28)27-24(30)18-10-13-19(14-11-18)26(2,3)4/h6-15H,5,16H2,1-4H3. The van der Waals surface area contributed by atoms with Gasteiger partial charge in [0.25, 0.3) is 5.91 Å². The van der Waals surface area contributed by atoms with Crippen molar-refractivity contribution in [2.75, 3.05) is 6.61 Å². The molecule has 1 amide bonds. The van der Waals surface area contributed by atoms with Crippen LogP contribution in [0.2, 0.25) is 0 Å². The summed E-state index contributed by atoms with van der Waals surface area (Å²) in [5.74, 6) is -0.692. The zero-order valence-corrected chi connectivity index (χ0v) is 19.5. The normalized spacial score (nSPS) is 12.4. The number of carbonyl (C=O) groups is 2. The van der Waals surface area contributed by atoms with Gasteiger partial charge in [0.1, 0.15) is 6.54 Å². The third-order valence-electron chi connectivity index (χ3n) is 5.36. The number of hydrogen-bond acceptors (Lipinski definition) is 4. The van der Waals surface area contributed by atoms with Crippen molar-refractivity contribution in [1.29, 1.82) is 0 Å². The third kappa shape index (κ3) is 4.36. The lowest BCUT2D eigenvalue weighted by molar-refractivity contribution is -0.143. The molecule has 4 rings (SSSR count). The van der Waals surface area contributed by atoms with Gasteiger partial charge in [-0.15, -0.1) is 0 Å². The van der Waals surface area contributed by atoms with Crippen molar-refractivity contribution in [3.63, 3.8) is 0 Å². The van der Waals surface area contributed by atoms with Crippen LogP contribution in [0, 0.1) is 0 Å². The number of ether oxygens (including phenoxy) is 1. The maximum Gasteiger partial charge on any atom is 0.326 e. The van der Waals surface area contributed by atoms with E-state index in [-0.39, 0.29) is 23.8 Å². The smallest absolute Gasteiger partial charge is 0.326 e. The van der Waals surface area contributed by atoms with E-state index in [0.717, 1.165) is 26.6 Å². The number of rotatable bonds is 4. The van der Waals surface area contributed by atoms with Crippen LogP contribution in [0.15, 0.2) is 65.7 Å². The van der Waals surface area contributed by atoms with E-state index in [1.165, 1.54) is 11.3 Å². The van der Waals surface area contributed by atoms with Gasteiger partial charge in [0.2, 0.25) is 0 Å². The van der Waals surface area contributed by atoms with Crippen LogP contribution in [-0.4, -0.2) is 23.1 Å². The highest BCUT2D eigenvalue weighted by molar-refractivity contribution is 7.17. The van der Waals surface area contributed by atoms with Crippen molar-refractivity contribution in [2.24, 2.45) is 4.99 Å². The van der Waals surface area contributed by atoms with E-state index in [0.29, 0.717) is 17.0 Å². The maximum absolute atomic E-state index is 13.0. The van der Waals surface area contributed by atoms with Crippen LogP contribution in [0.25, 0.3) is 21.0 Å². The summed E-state index contributed by atoms with van der Waals surface area (Å²) in [4.78, 5) is 30.2. The second-order valence-electron chi connectivity index (χ2n) is 8.66. The van der Waals surface area contributed by atoms with Crippen LogP contribution in [0.1, 0.15) is 43.6 Å². The SMILES string of the molecule is CCOC(=O)Cn1c(=NC(=O)c2ccc(C(C)(C)C)cc2)sc2c3ccccc3ccc21. The second kappa shape index (κ2) is 8.71. The number of hydrogen-bond donors (Lipinski definition) is 0. The Kier molecular flexibility index (Phi) is 5.98. The topological polar surface area (TPSA) is 60.7 Å².